The number of ether oxygens (including phenoxy) is 1. The van der Waals surface area contributed by atoms with Crippen LogP contribution in [0.3, 0.4) is 0 Å². The number of hydrogen-bond acceptors (Lipinski definition) is 4. The molecule has 2 aromatic carbocycles. The molecule has 0 saturated carbocycles. The number of rotatable bonds is 5. The van der Waals surface area contributed by atoms with E-state index in [1.165, 1.54) is 0 Å². The number of likely N-dealkylation sites (tertiary alicyclic amines) is 1. The van der Waals surface area contributed by atoms with E-state index in [0.717, 1.165) is 49.2 Å². The minimum absolute atomic E-state index is 0.158. The molecule has 3 aromatic rings. The SMILES string of the molecule is CN1CCCCCC(c2cccc(Oc3cc(Cc4ncc[nH]4)ccc3C#N)c2)C1=O. The molecule has 1 aromatic heterocycles. The summed E-state index contributed by atoms with van der Waals surface area (Å²) in [5.41, 5.74) is 2.42. The van der Waals surface area contributed by atoms with Gasteiger partial charge in [0, 0.05) is 32.4 Å². The zero-order valence-corrected chi connectivity index (χ0v) is 17.7. The van der Waals surface area contributed by atoms with E-state index < -0.39 is 0 Å². The van der Waals surface area contributed by atoms with Gasteiger partial charge in [0.05, 0.1) is 11.5 Å². The van der Waals surface area contributed by atoms with E-state index in [-0.39, 0.29) is 11.8 Å². The lowest BCUT2D eigenvalue weighted by Gasteiger charge is -2.27. The van der Waals surface area contributed by atoms with Gasteiger partial charge in [0.2, 0.25) is 5.91 Å². The highest BCUT2D eigenvalue weighted by Crippen LogP contribution is 2.32. The molecule has 1 amide bonds. The van der Waals surface area contributed by atoms with Crippen LogP contribution < -0.4 is 4.74 Å². The maximum atomic E-state index is 12.9. The Bertz CT molecular complexity index is 1090. The molecule has 1 aliphatic heterocycles. The van der Waals surface area contributed by atoms with Crippen molar-refractivity contribution in [3.63, 3.8) is 0 Å². The molecule has 0 bridgehead atoms. The lowest BCUT2D eigenvalue weighted by molar-refractivity contribution is -0.132. The number of nitriles is 1. The molecule has 0 radical (unpaired) electrons. The van der Waals surface area contributed by atoms with Gasteiger partial charge in [-0.1, -0.05) is 31.0 Å². The lowest BCUT2D eigenvalue weighted by atomic mass is 9.90. The van der Waals surface area contributed by atoms with Crippen LogP contribution in [-0.4, -0.2) is 34.4 Å². The quantitative estimate of drug-likeness (QED) is 0.651. The molecule has 6 heteroatoms. The number of carbonyl (C=O) groups is 1. The maximum Gasteiger partial charge on any atom is 0.229 e. The number of H-pyrrole nitrogens is 1. The molecule has 0 spiro atoms. The van der Waals surface area contributed by atoms with Crippen LogP contribution in [0.4, 0.5) is 0 Å². The van der Waals surface area contributed by atoms with E-state index in [1.54, 1.807) is 18.5 Å². The zero-order chi connectivity index (χ0) is 21.6. The Kier molecular flexibility index (Phi) is 6.32. The van der Waals surface area contributed by atoms with Gasteiger partial charge in [-0.15, -0.1) is 0 Å². The first-order valence-electron chi connectivity index (χ1n) is 10.7. The number of imidazole rings is 1. The fourth-order valence-corrected chi connectivity index (χ4v) is 4.05. The van der Waals surface area contributed by atoms with Crippen molar-refractivity contribution in [1.29, 1.82) is 5.26 Å². The van der Waals surface area contributed by atoms with Gasteiger partial charge in [-0.2, -0.15) is 5.26 Å². The zero-order valence-electron chi connectivity index (χ0n) is 17.7. The van der Waals surface area contributed by atoms with Gasteiger partial charge < -0.3 is 14.6 Å². The molecule has 1 unspecified atom stereocenters. The van der Waals surface area contributed by atoms with E-state index in [4.69, 9.17) is 4.74 Å². The summed E-state index contributed by atoms with van der Waals surface area (Å²) in [4.78, 5) is 22.1. The average Bonchev–Trinajstić information content (AvgIpc) is 3.28. The van der Waals surface area contributed by atoms with Gasteiger partial charge in [0.1, 0.15) is 23.4 Å². The summed E-state index contributed by atoms with van der Waals surface area (Å²) in [5, 5.41) is 9.53. The fourth-order valence-electron chi connectivity index (χ4n) is 4.05. The number of benzene rings is 2. The highest BCUT2D eigenvalue weighted by Gasteiger charge is 2.25. The van der Waals surface area contributed by atoms with Crippen molar-refractivity contribution in [3.8, 4) is 17.6 Å². The van der Waals surface area contributed by atoms with Crippen LogP contribution in [0.25, 0.3) is 0 Å². The molecule has 6 nitrogen and oxygen atoms in total. The summed E-state index contributed by atoms with van der Waals surface area (Å²) in [7, 11) is 1.88. The van der Waals surface area contributed by atoms with Crippen LogP contribution >= 0.6 is 0 Å². The van der Waals surface area contributed by atoms with Gasteiger partial charge in [-0.05, 0) is 48.2 Å². The van der Waals surface area contributed by atoms with Crippen molar-refractivity contribution < 1.29 is 9.53 Å². The molecule has 1 fully saturated rings. The first-order chi connectivity index (χ1) is 15.1. The highest BCUT2D eigenvalue weighted by molar-refractivity contribution is 5.83. The normalized spacial score (nSPS) is 17.0. The third kappa shape index (κ3) is 4.95. The smallest absolute Gasteiger partial charge is 0.229 e. The number of nitrogens with one attached hydrogen (secondary N) is 1. The molecule has 2 heterocycles. The van der Waals surface area contributed by atoms with Crippen molar-refractivity contribution >= 4 is 5.91 Å². The monoisotopic (exact) mass is 414 g/mol. The molecular weight excluding hydrogens is 388 g/mol. The number of aromatic nitrogens is 2. The van der Waals surface area contributed by atoms with Gasteiger partial charge in [-0.25, -0.2) is 4.98 Å². The number of amides is 1. The third-order valence-electron chi connectivity index (χ3n) is 5.74. The molecular formula is C25H26N4O2. The predicted molar refractivity (Wildman–Crippen MR) is 118 cm³/mol. The van der Waals surface area contributed by atoms with Crippen LogP contribution in [0.2, 0.25) is 0 Å². The molecule has 1 N–H and O–H groups in total. The third-order valence-corrected chi connectivity index (χ3v) is 5.74. The van der Waals surface area contributed by atoms with Gasteiger partial charge >= 0.3 is 0 Å². The standard InChI is InChI=1S/C25H26N4O2/c1-29-13-4-2-3-8-22(25(29)30)19-6-5-7-21(16-19)31-23-14-18(9-10-20(23)17-26)15-24-27-11-12-28-24/h5-7,9-12,14,16,22H,2-4,8,13,15H2,1H3,(H,27,28). The Labute approximate surface area is 182 Å². The maximum absolute atomic E-state index is 12.9. The topological polar surface area (TPSA) is 82.0 Å². The van der Waals surface area contributed by atoms with Gasteiger partial charge in [0.25, 0.3) is 0 Å². The number of aromatic amines is 1. The molecule has 158 valence electrons. The Balaban J connectivity index is 1.58. The van der Waals surface area contributed by atoms with E-state index in [0.29, 0.717) is 23.5 Å². The van der Waals surface area contributed by atoms with Crippen LogP contribution in [0.5, 0.6) is 11.5 Å². The molecule has 1 saturated heterocycles. The summed E-state index contributed by atoms with van der Waals surface area (Å²) in [6, 6.07) is 15.4. The lowest BCUT2D eigenvalue weighted by Crippen LogP contribution is -2.33. The van der Waals surface area contributed by atoms with Gasteiger partial charge in [0.15, 0.2) is 0 Å². The highest BCUT2D eigenvalue weighted by atomic mass is 16.5. The number of carbonyl (C=O) groups excluding carboxylic acids is 1. The van der Waals surface area contributed by atoms with Crippen LogP contribution in [0.15, 0.2) is 54.9 Å². The molecule has 0 aliphatic carbocycles. The Morgan fingerprint density at radius 1 is 1.23 bits per heavy atom. The second kappa shape index (κ2) is 9.48. The van der Waals surface area contributed by atoms with Crippen molar-refractivity contribution in [3.05, 3.63) is 77.4 Å². The summed E-state index contributed by atoms with van der Waals surface area (Å²) in [5.74, 6) is 1.99. The Morgan fingerprint density at radius 3 is 2.94 bits per heavy atom. The molecule has 4 rings (SSSR count). The summed E-state index contributed by atoms with van der Waals surface area (Å²) >= 11 is 0. The van der Waals surface area contributed by atoms with E-state index in [1.807, 2.05) is 48.3 Å². The first-order valence-corrected chi connectivity index (χ1v) is 10.7. The van der Waals surface area contributed by atoms with E-state index >= 15 is 0 Å². The Morgan fingerprint density at radius 2 is 2.13 bits per heavy atom. The van der Waals surface area contributed by atoms with Crippen LogP contribution in [0, 0.1) is 11.3 Å². The summed E-state index contributed by atoms with van der Waals surface area (Å²) in [6.07, 6.45) is 8.21. The first kappa shape index (κ1) is 20.7. The predicted octanol–water partition coefficient (Wildman–Crippen LogP) is 4.78. The van der Waals surface area contributed by atoms with Crippen LogP contribution in [-0.2, 0) is 11.2 Å². The fraction of sp³-hybridized carbons (Fsp3) is 0.320. The number of hydrogen-bond donors (Lipinski definition) is 1. The van der Waals surface area contributed by atoms with Crippen molar-refractivity contribution in [2.75, 3.05) is 13.6 Å². The average molecular weight is 415 g/mol. The second-order valence-electron chi connectivity index (χ2n) is 7.99. The van der Waals surface area contributed by atoms with Gasteiger partial charge in [-0.3, -0.25) is 4.79 Å². The largest absolute Gasteiger partial charge is 0.456 e. The minimum Gasteiger partial charge on any atom is -0.456 e. The molecule has 1 atom stereocenters. The second-order valence-corrected chi connectivity index (χ2v) is 7.99. The van der Waals surface area contributed by atoms with Crippen LogP contribution in [0.1, 0.15) is 54.1 Å². The molecule has 31 heavy (non-hydrogen) atoms. The minimum atomic E-state index is -0.158. The number of nitrogens with zero attached hydrogens (tertiary/aromatic N) is 3. The molecule has 1 aliphatic rings. The van der Waals surface area contributed by atoms with Crippen molar-refractivity contribution in [1.82, 2.24) is 14.9 Å². The summed E-state index contributed by atoms with van der Waals surface area (Å²) < 4.78 is 6.13. The summed E-state index contributed by atoms with van der Waals surface area (Å²) in [6.45, 7) is 0.805. The Hall–Kier alpha value is -3.59. The van der Waals surface area contributed by atoms with E-state index in [2.05, 4.69) is 16.0 Å². The van der Waals surface area contributed by atoms with E-state index in [9.17, 15) is 10.1 Å². The van der Waals surface area contributed by atoms with Crippen molar-refractivity contribution in [2.45, 2.75) is 38.0 Å². The number of likely N-dealkylation sites (N-methyl/N-ethyl adjacent to an activating group) is 1. The van der Waals surface area contributed by atoms with Crippen molar-refractivity contribution in [2.24, 2.45) is 0 Å².